The van der Waals surface area contributed by atoms with Gasteiger partial charge in [0.05, 0.1) is 12.0 Å². The van der Waals surface area contributed by atoms with Gasteiger partial charge in [-0.2, -0.15) is 0 Å². The lowest BCUT2D eigenvalue weighted by atomic mass is 9.99. The summed E-state index contributed by atoms with van der Waals surface area (Å²) in [6.07, 6.45) is 1.22. The molecule has 0 atom stereocenters. The lowest BCUT2D eigenvalue weighted by Crippen LogP contribution is -2.37. The Kier molecular flexibility index (Phi) is 6.40. The van der Waals surface area contributed by atoms with Crippen molar-refractivity contribution in [1.29, 1.82) is 0 Å². The van der Waals surface area contributed by atoms with Crippen molar-refractivity contribution in [2.75, 3.05) is 6.54 Å². The summed E-state index contributed by atoms with van der Waals surface area (Å²) >= 11 is 0. The molecule has 30 heavy (non-hydrogen) atoms. The molecule has 0 spiro atoms. The normalized spacial score (nSPS) is 13.3. The van der Waals surface area contributed by atoms with E-state index in [1.807, 2.05) is 45.0 Å². The van der Waals surface area contributed by atoms with Gasteiger partial charge >= 0.3 is 6.09 Å². The highest BCUT2D eigenvalue weighted by atomic mass is 16.6. The second-order valence-electron chi connectivity index (χ2n) is 8.13. The average Bonchev–Trinajstić information content (AvgIpc) is 2.64. The third kappa shape index (κ3) is 5.83. The van der Waals surface area contributed by atoms with E-state index in [2.05, 4.69) is 10.6 Å². The number of carbonyl (C=O) groups excluding carboxylic acids is 3. The highest BCUT2D eigenvalue weighted by molar-refractivity contribution is 6.11. The van der Waals surface area contributed by atoms with E-state index in [1.54, 1.807) is 18.2 Å². The summed E-state index contributed by atoms with van der Waals surface area (Å²) in [5.41, 5.74) is 1.58. The molecule has 0 aliphatic carbocycles. The number of imide groups is 1. The van der Waals surface area contributed by atoms with Crippen molar-refractivity contribution in [2.24, 2.45) is 0 Å². The van der Waals surface area contributed by atoms with E-state index in [4.69, 9.17) is 9.47 Å². The first kappa shape index (κ1) is 21.4. The molecule has 0 saturated carbocycles. The Morgan fingerprint density at radius 2 is 1.90 bits per heavy atom. The molecule has 7 heteroatoms. The summed E-state index contributed by atoms with van der Waals surface area (Å²) < 4.78 is 11.2. The van der Waals surface area contributed by atoms with Crippen LogP contribution in [0.15, 0.2) is 42.5 Å². The molecule has 2 N–H and O–H groups in total. The zero-order chi connectivity index (χ0) is 21.7. The minimum atomic E-state index is -0.517. The number of benzene rings is 2. The molecule has 0 bridgehead atoms. The molecular weight excluding hydrogens is 384 g/mol. The van der Waals surface area contributed by atoms with Gasteiger partial charge in [0.15, 0.2) is 0 Å². The monoisotopic (exact) mass is 410 g/mol. The van der Waals surface area contributed by atoms with Gasteiger partial charge in [0, 0.05) is 6.54 Å². The quantitative estimate of drug-likeness (QED) is 0.559. The molecule has 0 unspecified atom stereocenters. The van der Waals surface area contributed by atoms with Crippen molar-refractivity contribution in [2.45, 2.75) is 45.6 Å². The number of alkyl carbamates (subject to hydrolysis) is 1. The Balaban J connectivity index is 1.59. The molecule has 0 aromatic heterocycles. The molecule has 0 fully saturated rings. The third-order valence-corrected chi connectivity index (χ3v) is 4.38. The number of rotatable bonds is 6. The standard InChI is InChI=1S/C23H26N2O5/c1-23(2,3)30-22(28)24-12-6-8-15-7-4-10-17(13-15)29-18-11-5-9-16-14-19(26)25-21(27)20(16)18/h4-5,7,9-11,13H,6,8,12,14H2,1-3H3,(H,24,28)(H,25,26,27). The largest absolute Gasteiger partial charge is 0.457 e. The van der Waals surface area contributed by atoms with Gasteiger partial charge < -0.3 is 14.8 Å². The van der Waals surface area contributed by atoms with Crippen molar-refractivity contribution in [1.82, 2.24) is 10.6 Å². The van der Waals surface area contributed by atoms with Gasteiger partial charge in [0.25, 0.3) is 5.91 Å². The molecule has 2 aromatic carbocycles. The fourth-order valence-corrected chi connectivity index (χ4v) is 3.16. The van der Waals surface area contributed by atoms with Crippen molar-refractivity contribution in [3.8, 4) is 11.5 Å². The third-order valence-electron chi connectivity index (χ3n) is 4.38. The highest BCUT2D eigenvalue weighted by Crippen LogP contribution is 2.30. The van der Waals surface area contributed by atoms with Crippen LogP contribution in [0.4, 0.5) is 4.79 Å². The van der Waals surface area contributed by atoms with Gasteiger partial charge in [-0.05, 0) is 62.9 Å². The van der Waals surface area contributed by atoms with Crippen molar-refractivity contribution in [3.05, 3.63) is 59.2 Å². The number of fused-ring (bicyclic) bond motifs is 1. The van der Waals surface area contributed by atoms with Crippen molar-refractivity contribution >= 4 is 17.9 Å². The van der Waals surface area contributed by atoms with Crippen LogP contribution in [0.3, 0.4) is 0 Å². The molecule has 0 saturated heterocycles. The number of hydrogen-bond acceptors (Lipinski definition) is 5. The SMILES string of the molecule is CC(C)(C)OC(=O)NCCCc1cccc(Oc2cccc3c2C(=O)NC(=O)C3)c1. The molecule has 3 rings (SSSR count). The first-order valence-corrected chi connectivity index (χ1v) is 9.91. The number of ether oxygens (including phenoxy) is 2. The first-order chi connectivity index (χ1) is 14.2. The van der Waals surface area contributed by atoms with Crippen LogP contribution < -0.4 is 15.4 Å². The summed E-state index contributed by atoms with van der Waals surface area (Å²) in [5.74, 6) is 0.264. The zero-order valence-electron chi connectivity index (χ0n) is 17.4. The molecule has 1 heterocycles. The maximum absolute atomic E-state index is 12.2. The Hall–Kier alpha value is -3.35. The van der Waals surface area contributed by atoms with E-state index in [1.165, 1.54) is 0 Å². The summed E-state index contributed by atoms with van der Waals surface area (Å²) in [6, 6.07) is 12.8. The Morgan fingerprint density at radius 3 is 2.67 bits per heavy atom. The van der Waals surface area contributed by atoms with Gasteiger partial charge in [-0.1, -0.05) is 24.3 Å². The Bertz CT molecular complexity index is 962. The van der Waals surface area contributed by atoms with Crippen LogP contribution in [0.1, 0.15) is 48.7 Å². The number of hydrogen-bond donors (Lipinski definition) is 2. The van der Waals surface area contributed by atoms with Crippen LogP contribution >= 0.6 is 0 Å². The molecule has 7 nitrogen and oxygen atoms in total. The Labute approximate surface area is 175 Å². The van der Waals surface area contributed by atoms with Crippen molar-refractivity contribution in [3.63, 3.8) is 0 Å². The summed E-state index contributed by atoms with van der Waals surface area (Å²) in [6.45, 7) is 5.97. The average molecular weight is 410 g/mol. The molecule has 158 valence electrons. The van der Waals surface area contributed by atoms with Gasteiger partial charge in [-0.25, -0.2) is 4.79 Å². The molecular formula is C23H26N2O5. The second-order valence-corrected chi connectivity index (χ2v) is 8.13. The Morgan fingerprint density at radius 1 is 1.13 bits per heavy atom. The van der Waals surface area contributed by atoms with E-state index in [0.717, 1.165) is 18.4 Å². The fraction of sp³-hybridized carbons (Fsp3) is 0.348. The predicted molar refractivity (Wildman–Crippen MR) is 112 cm³/mol. The number of amides is 3. The van der Waals surface area contributed by atoms with Crippen LogP contribution in [0.2, 0.25) is 0 Å². The molecule has 1 aliphatic heterocycles. The summed E-state index contributed by atoms with van der Waals surface area (Å²) in [7, 11) is 0. The van der Waals surface area contributed by atoms with Crippen LogP contribution in [-0.4, -0.2) is 30.1 Å². The minimum Gasteiger partial charge on any atom is -0.457 e. The van der Waals surface area contributed by atoms with Gasteiger partial charge in [0.1, 0.15) is 17.1 Å². The lowest BCUT2D eigenvalue weighted by molar-refractivity contribution is -0.119. The van der Waals surface area contributed by atoms with E-state index < -0.39 is 17.6 Å². The fourth-order valence-electron chi connectivity index (χ4n) is 3.16. The van der Waals surface area contributed by atoms with Crippen LogP contribution in [0, 0.1) is 0 Å². The maximum atomic E-state index is 12.2. The number of nitrogens with one attached hydrogen (secondary N) is 2. The number of carbonyl (C=O) groups is 3. The maximum Gasteiger partial charge on any atom is 0.407 e. The smallest absolute Gasteiger partial charge is 0.407 e. The summed E-state index contributed by atoms with van der Waals surface area (Å²) in [4.78, 5) is 35.5. The highest BCUT2D eigenvalue weighted by Gasteiger charge is 2.26. The first-order valence-electron chi connectivity index (χ1n) is 9.91. The van der Waals surface area contributed by atoms with Crippen LogP contribution in [-0.2, 0) is 22.4 Å². The molecule has 2 aromatic rings. The van der Waals surface area contributed by atoms with E-state index in [0.29, 0.717) is 29.2 Å². The molecule has 3 amide bonds. The van der Waals surface area contributed by atoms with Crippen molar-refractivity contribution < 1.29 is 23.9 Å². The molecule has 1 aliphatic rings. The van der Waals surface area contributed by atoms with Gasteiger partial charge in [0.2, 0.25) is 5.91 Å². The predicted octanol–water partition coefficient (Wildman–Crippen LogP) is 3.75. The van der Waals surface area contributed by atoms with E-state index >= 15 is 0 Å². The minimum absolute atomic E-state index is 0.156. The number of aryl methyl sites for hydroxylation is 1. The van der Waals surface area contributed by atoms with Gasteiger partial charge in [-0.15, -0.1) is 0 Å². The van der Waals surface area contributed by atoms with Crippen LogP contribution in [0.5, 0.6) is 11.5 Å². The lowest BCUT2D eigenvalue weighted by Gasteiger charge is -2.19. The topological polar surface area (TPSA) is 93.7 Å². The summed E-state index contributed by atoms with van der Waals surface area (Å²) in [5, 5.41) is 5.07. The van der Waals surface area contributed by atoms with Gasteiger partial charge in [-0.3, -0.25) is 14.9 Å². The molecule has 0 radical (unpaired) electrons. The second kappa shape index (κ2) is 8.98. The zero-order valence-corrected chi connectivity index (χ0v) is 17.4. The van der Waals surface area contributed by atoms with E-state index in [-0.39, 0.29) is 12.3 Å². The van der Waals surface area contributed by atoms with Crippen LogP contribution in [0.25, 0.3) is 0 Å². The van der Waals surface area contributed by atoms with E-state index in [9.17, 15) is 14.4 Å².